The van der Waals surface area contributed by atoms with Gasteiger partial charge < -0.3 is 20.9 Å². The molecule has 3 N–H and O–H groups in total. The lowest BCUT2D eigenvalue weighted by Gasteiger charge is -2.35. The van der Waals surface area contributed by atoms with Gasteiger partial charge in [0.2, 0.25) is 11.8 Å². The first-order valence-electron chi connectivity index (χ1n) is 9.25. The van der Waals surface area contributed by atoms with E-state index in [0.29, 0.717) is 18.4 Å². The van der Waals surface area contributed by atoms with E-state index in [1.165, 1.54) is 4.90 Å². The summed E-state index contributed by atoms with van der Waals surface area (Å²) in [6.45, 7) is 3.86. The average Bonchev–Trinajstić information content (AvgIpc) is 2.89. The maximum absolute atomic E-state index is 12.9. The van der Waals surface area contributed by atoms with Crippen LogP contribution in [-0.2, 0) is 16.0 Å². The first kappa shape index (κ1) is 19.4. The van der Waals surface area contributed by atoms with Gasteiger partial charge in [-0.2, -0.15) is 0 Å². The van der Waals surface area contributed by atoms with E-state index in [1.54, 1.807) is 38.9 Å². The monoisotopic (exact) mass is 372 g/mol. The van der Waals surface area contributed by atoms with Crippen molar-refractivity contribution in [1.29, 1.82) is 0 Å². The van der Waals surface area contributed by atoms with Crippen LogP contribution in [0.3, 0.4) is 0 Å². The third-order valence-electron chi connectivity index (χ3n) is 5.59. The molecule has 0 radical (unpaired) electrons. The predicted octanol–water partition coefficient (Wildman–Crippen LogP) is 0.385. The van der Waals surface area contributed by atoms with E-state index in [-0.39, 0.29) is 30.8 Å². The van der Waals surface area contributed by atoms with Gasteiger partial charge in [-0.1, -0.05) is 18.2 Å². The van der Waals surface area contributed by atoms with Gasteiger partial charge in [0.25, 0.3) is 5.91 Å². The number of fused-ring (bicyclic) bond motifs is 1. The Morgan fingerprint density at radius 1 is 1.30 bits per heavy atom. The van der Waals surface area contributed by atoms with Crippen molar-refractivity contribution in [3.63, 3.8) is 0 Å². The highest BCUT2D eigenvalue weighted by Gasteiger charge is 2.54. The molecule has 3 rings (SSSR count). The van der Waals surface area contributed by atoms with Crippen molar-refractivity contribution < 1.29 is 14.4 Å². The predicted molar refractivity (Wildman–Crippen MR) is 102 cm³/mol. The summed E-state index contributed by atoms with van der Waals surface area (Å²) in [4.78, 5) is 41.8. The molecule has 2 aliphatic heterocycles. The van der Waals surface area contributed by atoms with Crippen LogP contribution < -0.4 is 11.1 Å². The molecule has 1 spiro atoms. The van der Waals surface area contributed by atoms with Crippen LogP contribution in [0.25, 0.3) is 0 Å². The van der Waals surface area contributed by atoms with Gasteiger partial charge >= 0.3 is 0 Å². The lowest BCUT2D eigenvalue weighted by atomic mass is 9.81. The highest BCUT2D eigenvalue weighted by Crippen LogP contribution is 2.36. The normalized spacial score (nSPS) is 25.0. The Morgan fingerprint density at radius 3 is 2.59 bits per heavy atom. The van der Waals surface area contributed by atoms with Crippen molar-refractivity contribution >= 4 is 17.7 Å². The lowest BCUT2D eigenvalue weighted by molar-refractivity contribution is -0.136. The van der Waals surface area contributed by atoms with Crippen LogP contribution in [0.2, 0.25) is 0 Å². The van der Waals surface area contributed by atoms with E-state index in [1.807, 2.05) is 18.2 Å². The number of aryl methyl sites for hydroxylation is 1. The fourth-order valence-electron chi connectivity index (χ4n) is 4.15. The second-order valence-corrected chi connectivity index (χ2v) is 8.46. The molecule has 27 heavy (non-hydrogen) atoms. The highest BCUT2D eigenvalue weighted by atomic mass is 16.2. The molecular formula is C20H28N4O3. The van der Waals surface area contributed by atoms with Crippen LogP contribution in [-0.4, -0.2) is 65.8 Å². The number of carbonyl (C=O) groups is 3. The summed E-state index contributed by atoms with van der Waals surface area (Å²) in [7, 11) is 3.39. The number of nitrogens with one attached hydrogen (secondary N) is 1. The smallest absolute Gasteiger partial charge is 0.252 e. The van der Waals surface area contributed by atoms with E-state index in [0.717, 1.165) is 5.56 Å². The Bertz CT molecular complexity index is 784. The van der Waals surface area contributed by atoms with Gasteiger partial charge in [-0.15, -0.1) is 0 Å². The van der Waals surface area contributed by atoms with Crippen LogP contribution in [0.15, 0.2) is 24.3 Å². The van der Waals surface area contributed by atoms with Gasteiger partial charge in [0.1, 0.15) is 0 Å². The zero-order chi connectivity index (χ0) is 20.0. The van der Waals surface area contributed by atoms with Crippen molar-refractivity contribution in [2.75, 3.05) is 27.2 Å². The summed E-state index contributed by atoms with van der Waals surface area (Å²) in [5.41, 5.74) is 5.78. The van der Waals surface area contributed by atoms with Crippen LogP contribution in [0.5, 0.6) is 0 Å². The molecular weight excluding hydrogens is 344 g/mol. The molecule has 7 heteroatoms. The topological polar surface area (TPSA) is 95.7 Å². The van der Waals surface area contributed by atoms with Crippen molar-refractivity contribution in [3.8, 4) is 0 Å². The molecule has 2 atom stereocenters. The van der Waals surface area contributed by atoms with Gasteiger partial charge in [-0.25, -0.2) is 0 Å². The number of hydrogen-bond donors (Lipinski definition) is 2. The Kier molecular flexibility index (Phi) is 4.76. The summed E-state index contributed by atoms with van der Waals surface area (Å²) >= 11 is 0. The summed E-state index contributed by atoms with van der Waals surface area (Å²) in [6.07, 6.45) is 1.26. The van der Waals surface area contributed by atoms with Crippen LogP contribution in [0.4, 0.5) is 0 Å². The van der Waals surface area contributed by atoms with Gasteiger partial charge in [0, 0.05) is 32.7 Å². The number of amides is 3. The van der Waals surface area contributed by atoms with Gasteiger partial charge in [-0.3, -0.25) is 14.4 Å². The maximum Gasteiger partial charge on any atom is 0.252 e. The standard InChI is InChI=1S/C20H28N4O3/c1-19(2,21)18(27)24-11-15(17(26)23(3)4)20(12-24)10-9-13-7-5-6-8-14(13)16(25)22-20/h5-8,15H,9-12,21H2,1-4H3,(H,22,25)/t15-,20+/m1/s1. The lowest BCUT2D eigenvalue weighted by Crippen LogP contribution is -2.58. The molecule has 3 amide bonds. The number of carbonyl (C=O) groups excluding carboxylic acids is 3. The van der Waals surface area contributed by atoms with E-state index in [9.17, 15) is 14.4 Å². The average molecular weight is 372 g/mol. The second kappa shape index (κ2) is 6.64. The second-order valence-electron chi connectivity index (χ2n) is 8.46. The molecule has 146 valence electrons. The van der Waals surface area contributed by atoms with Gasteiger partial charge in [0.05, 0.1) is 17.0 Å². The van der Waals surface area contributed by atoms with Crippen molar-refractivity contribution in [1.82, 2.24) is 15.1 Å². The molecule has 0 bridgehead atoms. The van der Waals surface area contributed by atoms with E-state index >= 15 is 0 Å². The Labute approximate surface area is 159 Å². The number of likely N-dealkylation sites (tertiary alicyclic amines) is 1. The van der Waals surface area contributed by atoms with Crippen molar-refractivity contribution in [3.05, 3.63) is 35.4 Å². The number of rotatable bonds is 2. The number of nitrogens with two attached hydrogens (primary N) is 1. The molecule has 2 aliphatic rings. The minimum atomic E-state index is -1.03. The molecule has 0 saturated carbocycles. The third-order valence-corrected chi connectivity index (χ3v) is 5.59. The first-order valence-corrected chi connectivity index (χ1v) is 9.25. The summed E-state index contributed by atoms with van der Waals surface area (Å²) < 4.78 is 0. The highest BCUT2D eigenvalue weighted by molar-refractivity contribution is 5.97. The number of benzene rings is 1. The SMILES string of the molecule is CN(C)C(=O)[C@H]1CN(C(=O)C(C)(C)N)C[C@@]12CCc1ccccc1C(=O)N2. The minimum absolute atomic E-state index is 0.0913. The molecule has 0 aliphatic carbocycles. The summed E-state index contributed by atoms with van der Waals surface area (Å²) in [5.74, 6) is -1.00. The molecule has 1 aromatic rings. The molecule has 7 nitrogen and oxygen atoms in total. The van der Waals surface area contributed by atoms with Crippen LogP contribution in [0, 0.1) is 5.92 Å². The molecule has 1 fully saturated rings. The summed E-state index contributed by atoms with van der Waals surface area (Å²) in [5, 5.41) is 3.11. The van der Waals surface area contributed by atoms with Gasteiger partial charge in [-0.05, 0) is 38.3 Å². The zero-order valence-electron chi connectivity index (χ0n) is 16.4. The molecule has 0 unspecified atom stereocenters. The summed E-state index contributed by atoms with van der Waals surface area (Å²) in [6, 6.07) is 7.49. The fourth-order valence-corrected chi connectivity index (χ4v) is 4.15. The first-order chi connectivity index (χ1) is 12.5. The van der Waals surface area contributed by atoms with E-state index in [2.05, 4.69) is 5.32 Å². The third kappa shape index (κ3) is 3.43. The van der Waals surface area contributed by atoms with E-state index in [4.69, 9.17) is 5.73 Å². The molecule has 1 aromatic carbocycles. The largest absolute Gasteiger partial charge is 0.348 e. The maximum atomic E-state index is 12.9. The molecule has 1 saturated heterocycles. The number of hydrogen-bond acceptors (Lipinski definition) is 4. The van der Waals surface area contributed by atoms with Crippen molar-refractivity contribution in [2.24, 2.45) is 11.7 Å². The minimum Gasteiger partial charge on any atom is -0.348 e. The van der Waals surface area contributed by atoms with Crippen LogP contribution >= 0.6 is 0 Å². The molecule has 0 aromatic heterocycles. The number of nitrogens with zero attached hydrogens (tertiary/aromatic N) is 2. The van der Waals surface area contributed by atoms with Crippen LogP contribution in [0.1, 0.15) is 36.2 Å². The Balaban J connectivity index is 1.98. The Hall–Kier alpha value is -2.41. The van der Waals surface area contributed by atoms with Crippen molar-refractivity contribution in [2.45, 2.75) is 37.8 Å². The molecule has 2 heterocycles. The fraction of sp³-hybridized carbons (Fsp3) is 0.550. The quantitative estimate of drug-likeness (QED) is 0.785. The van der Waals surface area contributed by atoms with E-state index < -0.39 is 17.0 Å². The van der Waals surface area contributed by atoms with Gasteiger partial charge in [0.15, 0.2) is 0 Å². The zero-order valence-corrected chi connectivity index (χ0v) is 16.4. The Morgan fingerprint density at radius 2 is 1.96 bits per heavy atom.